The summed E-state index contributed by atoms with van der Waals surface area (Å²) in [6.45, 7) is 22.0. The maximum Gasteiger partial charge on any atom is 0.306 e. The topological polar surface area (TPSA) is 108 Å². The first-order chi connectivity index (χ1) is 38.3. The molecule has 0 radical (unpaired) electrons. The monoisotopic (exact) mass is 1130 g/mol. The first-order valence-corrected chi connectivity index (χ1v) is 34.1. The van der Waals surface area contributed by atoms with Crippen LogP contribution in [-0.4, -0.2) is 133 Å². The number of nitrogens with zero attached hydrogens (tertiary/aromatic N) is 1. The van der Waals surface area contributed by atoms with Crippen LogP contribution in [0.1, 0.15) is 312 Å². The van der Waals surface area contributed by atoms with Gasteiger partial charge in [-0.25, -0.2) is 0 Å². The minimum Gasteiger partial charge on any atom is -0.460 e. The number of hydrogen-bond acceptors (Lipinski definition) is 10. The summed E-state index contributed by atoms with van der Waals surface area (Å²) in [6.07, 6.45) is 51.1. The molecule has 0 saturated heterocycles. The van der Waals surface area contributed by atoms with Gasteiger partial charge < -0.3 is 42.4 Å². The van der Waals surface area contributed by atoms with Crippen LogP contribution in [0.3, 0.4) is 0 Å². The van der Waals surface area contributed by atoms with Crippen molar-refractivity contribution in [3.63, 3.8) is 0 Å². The van der Waals surface area contributed by atoms with E-state index in [0.29, 0.717) is 65.7 Å². The quantitative estimate of drug-likeness (QED) is 0.0332. The maximum absolute atomic E-state index is 12.4. The fourth-order valence-corrected chi connectivity index (χ4v) is 9.96. The molecule has 11 nitrogen and oxygen atoms in total. The Labute approximate surface area is 490 Å². The number of esters is 2. The van der Waals surface area contributed by atoms with Crippen LogP contribution in [0.2, 0.25) is 0 Å². The third-order valence-corrected chi connectivity index (χ3v) is 15.5. The van der Waals surface area contributed by atoms with Crippen LogP contribution in [0.5, 0.6) is 0 Å². The molecule has 79 heavy (non-hydrogen) atoms. The van der Waals surface area contributed by atoms with Crippen LogP contribution in [0.15, 0.2) is 0 Å². The van der Waals surface area contributed by atoms with Crippen LogP contribution < -0.4 is 0 Å². The van der Waals surface area contributed by atoms with Crippen LogP contribution in [0.25, 0.3) is 0 Å². The predicted molar refractivity (Wildman–Crippen MR) is 332 cm³/mol. The zero-order chi connectivity index (χ0) is 58.1. The summed E-state index contributed by atoms with van der Waals surface area (Å²) in [7, 11) is 4.37. The third-order valence-electron chi connectivity index (χ3n) is 15.5. The van der Waals surface area contributed by atoms with Gasteiger partial charge in [-0.15, -0.1) is 0 Å². The average Bonchev–Trinajstić information content (AvgIpc) is 3.42. The highest BCUT2D eigenvalue weighted by Gasteiger charge is 2.18. The molecule has 0 spiro atoms. The first-order valence-electron chi connectivity index (χ1n) is 34.1. The van der Waals surface area contributed by atoms with E-state index < -0.39 is 0 Å². The Morgan fingerprint density at radius 1 is 0.291 bits per heavy atom. The summed E-state index contributed by atoms with van der Waals surface area (Å²) in [4.78, 5) is 24.8. The van der Waals surface area contributed by atoms with Gasteiger partial charge >= 0.3 is 11.9 Å². The summed E-state index contributed by atoms with van der Waals surface area (Å²) in [5.74, 6) is -0.254. The normalized spacial score (nSPS) is 14.3. The van der Waals surface area contributed by atoms with E-state index in [9.17, 15) is 9.59 Å². The van der Waals surface area contributed by atoms with Crippen molar-refractivity contribution >= 4 is 11.9 Å². The van der Waals surface area contributed by atoms with Gasteiger partial charge in [-0.1, -0.05) is 245 Å². The van der Waals surface area contributed by atoms with E-state index in [1.54, 1.807) is 0 Å². The molecule has 0 bridgehead atoms. The van der Waals surface area contributed by atoms with Crippen molar-refractivity contribution in [3.05, 3.63) is 0 Å². The lowest BCUT2D eigenvalue weighted by molar-refractivity contribution is -0.891. The van der Waals surface area contributed by atoms with E-state index in [1.165, 1.54) is 218 Å². The summed E-state index contributed by atoms with van der Waals surface area (Å²) < 4.78 is 47.8. The zero-order valence-corrected chi connectivity index (χ0v) is 54.3. The molecule has 472 valence electrons. The Balaban J connectivity index is 3.73. The van der Waals surface area contributed by atoms with Crippen LogP contribution >= 0.6 is 0 Å². The number of quaternary nitrogens is 1. The number of hydrogen-bond donors (Lipinski definition) is 0. The van der Waals surface area contributed by atoms with Crippen molar-refractivity contribution in [3.8, 4) is 0 Å². The minimum atomic E-state index is -0.280. The van der Waals surface area contributed by atoms with E-state index in [1.807, 2.05) is 41.5 Å². The molecule has 0 aromatic carbocycles. The van der Waals surface area contributed by atoms with Gasteiger partial charge in [0.1, 0.15) is 25.3 Å². The molecular formula is C68H136NO10+. The van der Waals surface area contributed by atoms with Crippen molar-refractivity contribution in [2.45, 2.75) is 349 Å². The minimum absolute atomic E-state index is 0.0574. The van der Waals surface area contributed by atoms with Crippen molar-refractivity contribution in [2.75, 3.05) is 80.0 Å². The molecule has 0 aliphatic carbocycles. The van der Waals surface area contributed by atoms with Gasteiger partial charge in [0.15, 0.2) is 0 Å². The molecule has 6 atom stereocenters. The molecule has 0 amide bonds. The molecule has 0 aliphatic heterocycles. The second-order valence-electron chi connectivity index (χ2n) is 24.9. The molecule has 0 aliphatic rings. The van der Waals surface area contributed by atoms with Crippen molar-refractivity contribution < 1.29 is 52.0 Å². The summed E-state index contributed by atoms with van der Waals surface area (Å²) >= 11 is 0. The van der Waals surface area contributed by atoms with Gasteiger partial charge in [-0.05, 0) is 54.4 Å². The van der Waals surface area contributed by atoms with Crippen molar-refractivity contribution in [2.24, 2.45) is 0 Å². The molecule has 0 saturated carbocycles. The van der Waals surface area contributed by atoms with Crippen molar-refractivity contribution in [1.29, 1.82) is 0 Å². The van der Waals surface area contributed by atoms with E-state index in [2.05, 4.69) is 27.9 Å². The lowest BCUT2D eigenvalue weighted by Gasteiger charge is -2.30. The Kier molecular flexibility index (Phi) is 57.4. The van der Waals surface area contributed by atoms with E-state index in [4.69, 9.17) is 37.9 Å². The maximum atomic E-state index is 12.4. The molecule has 0 fully saturated rings. The van der Waals surface area contributed by atoms with Gasteiger partial charge in [-0.2, -0.15) is 0 Å². The van der Waals surface area contributed by atoms with Gasteiger partial charge in [0.05, 0.1) is 91.4 Å². The van der Waals surface area contributed by atoms with Crippen LogP contribution in [-0.2, 0) is 47.5 Å². The zero-order valence-electron chi connectivity index (χ0n) is 54.3. The average molecular weight is 1130 g/mol. The molecule has 0 N–H and O–H groups in total. The predicted octanol–water partition coefficient (Wildman–Crippen LogP) is 18.2. The number of carbonyl (C=O) groups is 2. The summed E-state index contributed by atoms with van der Waals surface area (Å²) in [6, 6.07) is 0. The van der Waals surface area contributed by atoms with Crippen LogP contribution in [0, 0.1) is 0 Å². The third kappa shape index (κ3) is 59.6. The van der Waals surface area contributed by atoms with Crippen molar-refractivity contribution in [1.82, 2.24) is 0 Å². The van der Waals surface area contributed by atoms with Gasteiger partial charge in [0, 0.05) is 12.8 Å². The highest BCUT2D eigenvalue weighted by Crippen LogP contribution is 2.18. The molecule has 0 rings (SSSR count). The number of ether oxygens (including phenoxy) is 8. The Morgan fingerprint density at radius 3 is 0.734 bits per heavy atom. The molecule has 6 unspecified atom stereocenters. The number of rotatable bonds is 64. The van der Waals surface area contributed by atoms with E-state index in [-0.39, 0.29) is 48.6 Å². The van der Waals surface area contributed by atoms with E-state index in [0.717, 1.165) is 43.3 Å². The molecule has 0 heterocycles. The van der Waals surface area contributed by atoms with Crippen LogP contribution in [0.4, 0.5) is 0 Å². The number of carbonyl (C=O) groups excluding carboxylic acids is 2. The Hall–Kier alpha value is -1.34. The second kappa shape index (κ2) is 58.4. The molecule has 11 heteroatoms. The van der Waals surface area contributed by atoms with E-state index >= 15 is 0 Å². The highest BCUT2D eigenvalue weighted by molar-refractivity contribution is 5.69. The molecule has 0 aromatic rings. The summed E-state index contributed by atoms with van der Waals surface area (Å²) in [5.41, 5.74) is 0. The first kappa shape index (κ1) is 77.7. The smallest absolute Gasteiger partial charge is 0.306 e. The lowest BCUT2D eigenvalue weighted by Crippen LogP contribution is -2.45. The van der Waals surface area contributed by atoms with Gasteiger partial charge in [0.2, 0.25) is 0 Å². The highest BCUT2D eigenvalue weighted by atomic mass is 16.6. The van der Waals surface area contributed by atoms with Gasteiger partial charge in [0.25, 0.3) is 0 Å². The molecular weight excluding hydrogens is 991 g/mol. The Bertz CT molecular complexity index is 1180. The number of unbranched alkanes of at least 4 members (excludes halogenated alkanes) is 36. The second-order valence-corrected chi connectivity index (χ2v) is 24.9. The molecule has 0 aromatic heterocycles. The lowest BCUT2D eigenvalue weighted by atomic mass is 10.0. The fourth-order valence-electron chi connectivity index (χ4n) is 9.96. The standard InChI is InChI=1S/C68H136NO10/c1-11-13-15-17-19-21-23-25-27-29-31-33-35-37-39-41-43-45-47-49-67(70)78-65(7)59-76-63(5)57-74-61(3)55-72-53-51-69(9,10)52-54-73-56-62(4)75-58-64(6)77-60-66(8)79-68(71)50-48-46-44-42-40-38-36-34-32-30-28-26-24-22-20-18-16-14-12-2/h61-66H,11-60H2,1-10H3/q+1. The fraction of sp³-hybridized carbons (Fsp3) is 0.971. The summed E-state index contributed by atoms with van der Waals surface area (Å²) in [5, 5.41) is 0. The Morgan fingerprint density at radius 2 is 0.494 bits per heavy atom. The SMILES string of the molecule is CCCCCCCCCCCCCCCCCCCCCC(=O)OC(C)COC(C)COC(C)COCC[N+](C)(C)CCOCC(C)OCC(C)OCC(C)OC(=O)CCCCCCCCCCCCCCCCCCCCC. The van der Waals surface area contributed by atoms with Gasteiger partial charge in [-0.3, -0.25) is 9.59 Å². The largest absolute Gasteiger partial charge is 0.460 e. The number of likely N-dealkylation sites (N-methyl/N-ethyl adjacent to an activating group) is 1.